The SMILES string of the molecule is CCC(C)c1ccccc1Oc1ccc([C@H](C)O)nc1. The summed E-state index contributed by atoms with van der Waals surface area (Å²) in [6.07, 6.45) is 2.16. The highest BCUT2D eigenvalue weighted by Gasteiger charge is 2.10. The Labute approximate surface area is 120 Å². The number of para-hydroxylation sites is 1. The summed E-state index contributed by atoms with van der Waals surface area (Å²) < 4.78 is 5.92. The van der Waals surface area contributed by atoms with E-state index >= 15 is 0 Å². The highest BCUT2D eigenvalue weighted by atomic mass is 16.5. The Morgan fingerprint density at radius 1 is 1.15 bits per heavy atom. The van der Waals surface area contributed by atoms with E-state index in [0.29, 0.717) is 17.4 Å². The van der Waals surface area contributed by atoms with Crippen molar-refractivity contribution in [3.8, 4) is 11.5 Å². The van der Waals surface area contributed by atoms with Crippen LogP contribution in [0.3, 0.4) is 0 Å². The molecule has 1 aromatic carbocycles. The molecule has 1 aromatic heterocycles. The smallest absolute Gasteiger partial charge is 0.145 e. The Morgan fingerprint density at radius 3 is 2.50 bits per heavy atom. The molecule has 3 nitrogen and oxygen atoms in total. The van der Waals surface area contributed by atoms with Crippen molar-refractivity contribution in [3.05, 3.63) is 53.9 Å². The van der Waals surface area contributed by atoms with Crippen molar-refractivity contribution in [3.63, 3.8) is 0 Å². The summed E-state index contributed by atoms with van der Waals surface area (Å²) in [5.41, 5.74) is 1.85. The van der Waals surface area contributed by atoms with E-state index in [1.54, 1.807) is 19.2 Å². The van der Waals surface area contributed by atoms with E-state index in [0.717, 1.165) is 12.2 Å². The molecule has 0 saturated heterocycles. The Balaban J connectivity index is 2.21. The van der Waals surface area contributed by atoms with Gasteiger partial charge in [-0.3, -0.25) is 4.98 Å². The lowest BCUT2D eigenvalue weighted by atomic mass is 9.98. The summed E-state index contributed by atoms with van der Waals surface area (Å²) in [6.45, 7) is 6.05. The van der Waals surface area contributed by atoms with E-state index in [2.05, 4.69) is 24.9 Å². The maximum atomic E-state index is 9.45. The zero-order valence-electron chi connectivity index (χ0n) is 12.2. The molecule has 2 rings (SSSR count). The van der Waals surface area contributed by atoms with Crippen LogP contribution in [0.15, 0.2) is 42.6 Å². The number of hydrogen-bond acceptors (Lipinski definition) is 3. The predicted molar refractivity (Wildman–Crippen MR) is 80.1 cm³/mol. The summed E-state index contributed by atoms with van der Waals surface area (Å²) in [5, 5.41) is 9.45. The zero-order chi connectivity index (χ0) is 14.5. The van der Waals surface area contributed by atoms with Gasteiger partial charge in [-0.1, -0.05) is 32.0 Å². The van der Waals surface area contributed by atoms with Crippen molar-refractivity contribution in [2.75, 3.05) is 0 Å². The van der Waals surface area contributed by atoms with Crippen molar-refractivity contribution < 1.29 is 9.84 Å². The lowest BCUT2D eigenvalue weighted by Crippen LogP contribution is -1.98. The third-order valence-corrected chi connectivity index (χ3v) is 3.48. The number of nitrogens with zero attached hydrogens (tertiary/aromatic N) is 1. The molecule has 0 radical (unpaired) electrons. The van der Waals surface area contributed by atoms with Crippen LogP contribution < -0.4 is 4.74 Å². The lowest BCUT2D eigenvalue weighted by molar-refractivity contribution is 0.194. The van der Waals surface area contributed by atoms with Crippen molar-refractivity contribution >= 4 is 0 Å². The molecule has 0 aliphatic carbocycles. The van der Waals surface area contributed by atoms with E-state index in [4.69, 9.17) is 4.74 Å². The number of aliphatic hydroxyl groups is 1. The standard InChI is InChI=1S/C17H21NO2/c1-4-12(2)15-7-5-6-8-17(15)20-14-9-10-16(13(3)19)18-11-14/h5-13,19H,4H2,1-3H3/t12?,13-/m0/s1. The molecular formula is C17H21NO2. The van der Waals surface area contributed by atoms with Crippen molar-refractivity contribution in [2.24, 2.45) is 0 Å². The average molecular weight is 271 g/mol. The van der Waals surface area contributed by atoms with Gasteiger partial charge in [-0.2, -0.15) is 0 Å². The largest absolute Gasteiger partial charge is 0.455 e. The molecule has 0 aliphatic rings. The number of benzene rings is 1. The molecule has 0 bridgehead atoms. The van der Waals surface area contributed by atoms with E-state index < -0.39 is 6.10 Å². The number of aliphatic hydroxyl groups excluding tert-OH is 1. The van der Waals surface area contributed by atoms with E-state index in [-0.39, 0.29) is 0 Å². The van der Waals surface area contributed by atoms with Gasteiger partial charge in [0.1, 0.15) is 11.5 Å². The minimum atomic E-state index is -0.559. The molecule has 1 N–H and O–H groups in total. The first-order valence-electron chi connectivity index (χ1n) is 7.02. The quantitative estimate of drug-likeness (QED) is 0.874. The van der Waals surface area contributed by atoms with Gasteiger partial charge in [-0.15, -0.1) is 0 Å². The number of pyridine rings is 1. The van der Waals surface area contributed by atoms with Crippen LogP contribution >= 0.6 is 0 Å². The fraction of sp³-hybridized carbons (Fsp3) is 0.353. The second-order valence-corrected chi connectivity index (χ2v) is 5.04. The summed E-state index contributed by atoms with van der Waals surface area (Å²) in [7, 11) is 0. The van der Waals surface area contributed by atoms with Gasteiger partial charge in [-0.25, -0.2) is 0 Å². The number of hydrogen-bond donors (Lipinski definition) is 1. The van der Waals surface area contributed by atoms with Crippen LogP contribution in [0.5, 0.6) is 11.5 Å². The highest BCUT2D eigenvalue weighted by Crippen LogP contribution is 2.31. The molecule has 2 atom stereocenters. The fourth-order valence-electron chi connectivity index (χ4n) is 2.03. The molecular weight excluding hydrogens is 250 g/mol. The first-order valence-corrected chi connectivity index (χ1v) is 7.02. The van der Waals surface area contributed by atoms with Gasteiger partial charge in [0, 0.05) is 0 Å². The van der Waals surface area contributed by atoms with Gasteiger partial charge in [0.15, 0.2) is 0 Å². The highest BCUT2D eigenvalue weighted by molar-refractivity contribution is 5.39. The fourth-order valence-corrected chi connectivity index (χ4v) is 2.03. The van der Waals surface area contributed by atoms with Crippen LogP contribution in [0.1, 0.15) is 50.5 Å². The maximum absolute atomic E-state index is 9.45. The summed E-state index contributed by atoms with van der Waals surface area (Å²) in [6, 6.07) is 11.7. The van der Waals surface area contributed by atoms with Gasteiger partial charge in [0.25, 0.3) is 0 Å². The van der Waals surface area contributed by atoms with E-state index in [1.165, 1.54) is 5.56 Å². The summed E-state index contributed by atoms with van der Waals surface area (Å²) >= 11 is 0. The number of aromatic nitrogens is 1. The molecule has 3 heteroatoms. The maximum Gasteiger partial charge on any atom is 0.145 e. The van der Waals surface area contributed by atoms with Crippen LogP contribution in [0.2, 0.25) is 0 Å². The monoisotopic (exact) mass is 271 g/mol. The normalized spacial score (nSPS) is 13.8. The van der Waals surface area contributed by atoms with Crippen LogP contribution in [0, 0.1) is 0 Å². The third kappa shape index (κ3) is 3.36. The third-order valence-electron chi connectivity index (χ3n) is 3.48. The van der Waals surface area contributed by atoms with E-state index in [9.17, 15) is 5.11 Å². The van der Waals surface area contributed by atoms with Gasteiger partial charge in [-0.05, 0) is 43.0 Å². The van der Waals surface area contributed by atoms with Gasteiger partial charge in [0.2, 0.25) is 0 Å². The Hall–Kier alpha value is -1.87. The molecule has 0 amide bonds. The Morgan fingerprint density at radius 2 is 1.90 bits per heavy atom. The average Bonchev–Trinajstić information content (AvgIpc) is 2.47. The summed E-state index contributed by atoms with van der Waals surface area (Å²) in [4.78, 5) is 4.19. The molecule has 1 unspecified atom stereocenters. The van der Waals surface area contributed by atoms with Crippen molar-refractivity contribution in [2.45, 2.75) is 39.2 Å². The van der Waals surface area contributed by atoms with Crippen molar-refractivity contribution in [1.82, 2.24) is 4.98 Å². The zero-order valence-corrected chi connectivity index (χ0v) is 12.2. The molecule has 0 spiro atoms. The van der Waals surface area contributed by atoms with Gasteiger partial charge < -0.3 is 9.84 Å². The molecule has 2 aromatic rings. The molecule has 0 saturated carbocycles. The lowest BCUT2D eigenvalue weighted by Gasteiger charge is -2.15. The number of ether oxygens (including phenoxy) is 1. The Kier molecular flexibility index (Phi) is 4.74. The van der Waals surface area contributed by atoms with Crippen LogP contribution in [-0.4, -0.2) is 10.1 Å². The van der Waals surface area contributed by atoms with Crippen LogP contribution in [-0.2, 0) is 0 Å². The van der Waals surface area contributed by atoms with E-state index in [1.807, 2.05) is 24.3 Å². The first kappa shape index (κ1) is 14.5. The molecule has 1 heterocycles. The van der Waals surface area contributed by atoms with Crippen molar-refractivity contribution in [1.29, 1.82) is 0 Å². The molecule has 106 valence electrons. The summed E-state index contributed by atoms with van der Waals surface area (Å²) in [5.74, 6) is 2.01. The topological polar surface area (TPSA) is 42.4 Å². The number of rotatable bonds is 5. The predicted octanol–water partition coefficient (Wildman–Crippen LogP) is 4.44. The molecule has 0 aliphatic heterocycles. The minimum absolute atomic E-state index is 0.455. The van der Waals surface area contributed by atoms with Crippen LogP contribution in [0.4, 0.5) is 0 Å². The Bertz CT molecular complexity index is 549. The minimum Gasteiger partial charge on any atom is -0.455 e. The van der Waals surface area contributed by atoms with Gasteiger partial charge >= 0.3 is 0 Å². The first-order chi connectivity index (χ1) is 9.61. The molecule has 0 fully saturated rings. The van der Waals surface area contributed by atoms with Gasteiger partial charge in [0.05, 0.1) is 18.0 Å². The second-order valence-electron chi connectivity index (χ2n) is 5.04. The molecule has 20 heavy (non-hydrogen) atoms. The second kappa shape index (κ2) is 6.53. The van der Waals surface area contributed by atoms with Crippen LogP contribution in [0.25, 0.3) is 0 Å².